The highest BCUT2D eigenvalue weighted by Gasteiger charge is 2.22. The van der Waals surface area contributed by atoms with E-state index in [0.717, 1.165) is 18.5 Å². The van der Waals surface area contributed by atoms with Crippen LogP contribution in [0.1, 0.15) is 29.2 Å². The van der Waals surface area contributed by atoms with Crippen molar-refractivity contribution < 1.29 is 4.92 Å². The Morgan fingerprint density at radius 3 is 2.65 bits per heavy atom. The van der Waals surface area contributed by atoms with Crippen LogP contribution in [0.15, 0.2) is 42.5 Å². The number of hydrogen-bond donors (Lipinski definition) is 1. The normalized spacial score (nSPS) is 16.8. The molecule has 4 heteroatoms. The smallest absolute Gasteiger partial charge is 0.269 e. The Morgan fingerprint density at radius 2 is 1.95 bits per heavy atom. The van der Waals surface area contributed by atoms with Gasteiger partial charge >= 0.3 is 0 Å². The lowest BCUT2D eigenvalue weighted by molar-refractivity contribution is -0.384. The Balaban J connectivity index is 1.80. The van der Waals surface area contributed by atoms with Crippen LogP contribution in [0.3, 0.4) is 0 Å². The maximum absolute atomic E-state index is 10.6. The van der Waals surface area contributed by atoms with Crippen molar-refractivity contribution in [2.24, 2.45) is 0 Å². The molecule has 2 aromatic rings. The van der Waals surface area contributed by atoms with Crippen LogP contribution in [0, 0.1) is 17.0 Å². The van der Waals surface area contributed by atoms with Gasteiger partial charge in [0, 0.05) is 17.8 Å². The Labute approximate surface area is 117 Å². The third-order valence-electron chi connectivity index (χ3n) is 3.80. The summed E-state index contributed by atoms with van der Waals surface area (Å²) in [6, 6.07) is 13.5. The summed E-state index contributed by atoms with van der Waals surface area (Å²) in [7, 11) is 0. The summed E-state index contributed by atoms with van der Waals surface area (Å²) < 4.78 is 0. The van der Waals surface area contributed by atoms with Crippen LogP contribution in [-0.2, 0) is 6.42 Å². The molecule has 0 fully saturated rings. The fourth-order valence-corrected chi connectivity index (χ4v) is 2.75. The van der Waals surface area contributed by atoms with Crippen molar-refractivity contribution in [2.45, 2.75) is 25.8 Å². The molecule has 2 aromatic carbocycles. The zero-order chi connectivity index (χ0) is 14.1. The third kappa shape index (κ3) is 2.37. The van der Waals surface area contributed by atoms with Crippen LogP contribution < -0.4 is 5.32 Å². The number of rotatable bonds is 3. The van der Waals surface area contributed by atoms with Crippen molar-refractivity contribution >= 4 is 11.4 Å². The van der Waals surface area contributed by atoms with Crippen LogP contribution >= 0.6 is 0 Å². The van der Waals surface area contributed by atoms with Gasteiger partial charge in [-0.05, 0) is 43.0 Å². The molecule has 4 nitrogen and oxygen atoms in total. The minimum atomic E-state index is -0.377. The number of hydrogen-bond acceptors (Lipinski definition) is 3. The van der Waals surface area contributed by atoms with E-state index in [9.17, 15) is 10.1 Å². The van der Waals surface area contributed by atoms with Crippen LogP contribution in [-0.4, -0.2) is 4.92 Å². The van der Waals surface area contributed by atoms with E-state index < -0.39 is 0 Å². The van der Waals surface area contributed by atoms with Gasteiger partial charge in [0.15, 0.2) is 0 Å². The molecule has 1 N–H and O–H groups in total. The van der Waals surface area contributed by atoms with Crippen molar-refractivity contribution in [1.82, 2.24) is 0 Å². The molecule has 0 heterocycles. The number of anilines is 1. The number of aryl methyl sites for hydroxylation is 2. The second-order valence-corrected chi connectivity index (χ2v) is 5.24. The first kappa shape index (κ1) is 12.7. The molecule has 1 unspecified atom stereocenters. The molecule has 102 valence electrons. The first-order chi connectivity index (χ1) is 9.63. The Bertz CT molecular complexity index is 650. The number of nitro benzene ring substituents is 1. The second-order valence-electron chi connectivity index (χ2n) is 5.24. The summed E-state index contributed by atoms with van der Waals surface area (Å²) in [5.41, 5.74) is 5.06. The van der Waals surface area contributed by atoms with Crippen molar-refractivity contribution in [1.29, 1.82) is 0 Å². The average molecular weight is 268 g/mol. The lowest BCUT2D eigenvalue weighted by Gasteiger charge is -2.16. The molecule has 0 aromatic heterocycles. The predicted octanol–water partition coefficient (Wildman–Crippen LogP) is 4.00. The van der Waals surface area contributed by atoms with Gasteiger partial charge in [-0.3, -0.25) is 10.1 Å². The number of fused-ring (bicyclic) bond motifs is 1. The van der Waals surface area contributed by atoms with Crippen molar-refractivity contribution in [3.05, 3.63) is 69.3 Å². The zero-order valence-electron chi connectivity index (χ0n) is 11.3. The van der Waals surface area contributed by atoms with Gasteiger partial charge in [0.1, 0.15) is 0 Å². The Hall–Kier alpha value is -2.36. The summed E-state index contributed by atoms with van der Waals surface area (Å²) in [6.45, 7) is 2.10. The molecule has 0 radical (unpaired) electrons. The van der Waals surface area contributed by atoms with E-state index in [2.05, 4.69) is 30.4 Å². The highest BCUT2D eigenvalue weighted by molar-refractivity contribution is 5.52. The zero-order valence-corrected chi connectivity index (χ0v) is 11.3. The van der Waals surface area contributed by atoms with Crippen LogP contribution in [0.25, 0.3) is 0 Å². The molecule has 0 saturated carbocycles. The van der Waals surface area contributed by atoms with Crippen molar-refractivity contribution in [2.75, 3.05) is 5.32 Å². The molecule has 1 aliphatic carbocycles. The molecular formula is C16H16N2O2. The van der Waals surface area contributed by atoms with E-state index in [1.165, 1.54) is 28.8 Å². The van der Waals surface area contributed by atoms with Gasteiger partial charge in [-0.2, -0.15) is 0 Å². The van der Waals surface area contributed by atoms with Gasteiger partial charge in [0.25, 0.3) is 5.69 Å². The predicted molar refractivity (Wildman–Crippen MR) is 79.0 cm³/mol. The van der Waals surface area contributed by atoms with Crippen LogP contribution in [0.4, 0.5) is 11.4 Å². The largest absolute Gasteiger partial charge is 0.378 e. The first-order valence-electron chi connectivity index (χ1n) is 6.74. The molecule has 0 amide bonds. The van der Waals surface area contributed by atoms with Gasteiger partial charge in [-0.1, -0.05) is 23.8 Å². The maximum Gasteiger partial charge on any atom is 0.269 e. The Kier molecular flexibility index (Phi) is 3.14. The van der Waals surface area contributed by atoms with E-state index in [4.69, 9.17) is 0 Å². The third-order valence-corrected chi connectivity index (χ3v) is 3.80. The fraction of sp³-hybridized carbons (Fsp3) is 0.250. The van der Waals surface area contributed by atoms with Gasteiger partial charge in [0.05, 0.1) is 11.0 Å². The monoisotopic (exact) mass is 268 g/mol. The molecule has 0 spiro atoms. The molecule has 1 aliphatic rings. The molecule has 1 atom stereocenters. The molecule has 3 rings (SSSR count). The summed E-state index contributed by atoms with van der Waals surface area (Å²) in [4.78, 5) is 10.3. The second kappa shape index (κ2) is 4.96. The lowest BCUT2D eigenvalue weighted by atomic mass is 10.0. The van der Waals surface area contributed by atoms with Crippen LogP contribution in [0.5, 0.6) is 0 Å². The highest BCUT2D eigenvalue weighted by Crippen LogP contribution is 2.34. The molecular weight excluding hydrogens is 252 g/mol. The summed E-state index contributed by atoms with van der Waals surface area (Å²) in [5.74, 6) is 0. The van der Waals surface area contributed by atoms with Gasteiger partial charge in [0.2, 0.25) is 0 Å². The van der Waals surface area contributed by atoms with E-state index >= 15 is 0 Å². The minimum Gasteiger partial charge on any atom is -0.378 e. The minimum absolute atomic E-state index is 0.123. The lowest BCUT2D eigenvalue weighted by Crippen LogP contribution is -2.07. The average Bonchev–Trinajstić information content (AvgIpc) is 2.82. The first-order valence-corrected chi connectivity index (χ1v) is 6.74. The summed E-state index contributed by atoms with van der Waals surface area (Å²) >= 11 is 0. The molecule has 0 saturated heterocycles. The number of nitro groups is 1. The number of non-ortho nitro benzene ring substituents is 1. The van der Waals surface area contributed by atoms with Crippen LogP contribution in [0.2, 0.25) is 0 Å². The van der Waals surface area contributed by atoms with Gasteiger partial charge in [-0.15, -0.1) is 0 Å². The molecule has 20 heavy (non-hydrogen) atoms. The topological polar surface area (TPSA) is 55.2 Å². The SMILES string of the molecule is Cc1ccc2c(c1)C(Nc1ccc([N+](=O)[O-])cc1)CC2. The van der Waals surface area contributed by atoms with Crippen molar-refractivity contribution in [3.63, 3.8) is 0 Å². The molecule has 0 aliphatic heterocycles. The van der Waals surface area contributed by atoms with Gasteiger partial charge in [-0.25, -0.2) is 0 Å². The van der Waals surface area contributed by atoms with E-state index in [-0.39, 0.29) is 10.6 Å². The highest BCUT2D eigenvalue weighted by atomic mass is 16.6. The molecule has 0 bridgehead atoms. The number of benzene rings is 2. The van der Waals surface area contributed by atoms with E-state index in [1.807, 2.05) is 0 Å². The quantitative estimate of drug-likeness (QED) is 0.676. The van der Waals surface area contributed by atoms with E-state index in [0.29, 0.717) is 6.04 Å². The van der Waals surface area contributed by atoms with Gasteiger partial charge < -0.3 is 5.32 Å². The maximum atomic E-state index is 10.6. The van der Waals surface area contributed by atoms with E-state index in [1.54, 1.807) is 12.1 Å². The standard InChI is InChI=1S/C16H16N2O2/c1-11-2-3-12-4-9-16(15(12)10-11)17-13-5-7-14(8-6-13)18(19)20/h2-3,5-8,10,16-17H,4,9H2,1H3. The van der Waals surface area contributed by atoms with Crippen molar-refractivity contribution in [3.8, 4) is 0 Å². The number of nitrogens with one attached hydrogen (secondary N) is 1. The summed E-state index contributed by atoms with van der Waals surface area (Å²) in [6.07, 6.45) is 2.15. The summed E-state index contributed by atoms with van der Waals surface area (Å²) in [5, 5.41) is 14.1. The Morgan fingerprint density at radius 1 is 1.20 bits per heavy atom. The fourth-order valence-electron chi connectivity index (χ4n) is 2.75. The number of nitrogens with zero attached hydrogens (tertiary/aromatic N) is 1.